The molecule has 1 heterocycles. The Kier molecular flexibility index (Phi) is 6.47. The van der Waals surface area contributed by atoms with E-state index in [-0.39, 0.29) is 6.04 Å². The Morgan fingerprint density at radius 3 is 3.11 bits per heavy atom. The van der Waals surface area contributed by atoms with Crippen molar-refractivity contribution in [3.05, 3.63) is 47.2 Å². The van der Waals surface area contributed by atoms with Crippen LogP contribution in [0.15, 0.2) is 47.2 Å². The molecule has 0 amide bonds. The fourth-order valence-electron chi connectivity index (χ4n) is 1.58. The van der Waals surface area contributed by atoms with E-state index in [2.05, 4.69) is 4.90 Å². The minimum absolute atomic E-state index is 0.240. The van der Waals surface area contributed by atoms with Crippen LogP contribution >= 0.6 is 11.6 Å². The van der Waals surface area contributed by atoms with Gasteiger partial charge in [-0.05, 0) is 12.5 Å². The zero-order chi connectivity index (χ0) is 13.4. The minimum atomic E-state index is 0.240. The second-order valence-corrected chi connectivity index (χ2v) is 4.49. The van der Waals surface area contributed by atoms with Crippen LogP contribution in [-0.4, -0.2) is 38.0 Å². The van der Waals surface area contributed by atoms with Gasteiger partial charge in [0.25, 0.3) is 0 Å². The predicted octanol–water partition coefficient (Wildman–Crippen LogP) is 2.65. The van der Waals surface area contributed by atoms with Crippen LogP contribution in [-0.2, 0) is 9.53 Å². The van der Waals surface area contributed by atoms with E-state index >= 15 is 0 Å². The Morgan fingerprint density at radius 2 is 2.44 bits per heavy atom. The molecule has 18 heavy (non-hydrogen) atoms. The number of carbonyl (C=O) groups excluding carboxylic acids is 1. The first-order chi connectivity index (χ1) is 8.67. The van der Waals surface area contributed by atoms with Gasteiger partial charge in [-0.25, -0.2) is 0 Å². The molecule has 0 aromatic heterocycles. The molecule has 1 unspecified atom stereocenters. The van der Waals surface area contributed by atoms with Gasteiger partial charge in [0, 0.05) is 31.0 Å². The third-order valence-corrected chi connectivity index (χ3v) is 2.93. The highest BCUT2D eigenvalue weighted by atomic mass is 35.5. The number of aldehydes is 1. The van der Waals surface area contributed by atoms with Gasteiger partial charge in [-0.2, -0.15) is 0 Å². The van der Waals surface area contributed by atoms with E-state index in [1.165, 1.54) is 0 Å². The third-order valence-electron chi connectivity index (χ3n) is 2.65. The van der Waals surface area contributed by atoms with Crippen LogP contribution in [0.1, 0.15) is 6.42 Å². The zero-order valence-corrected chi connectivity index (χ0v) is 11.4. The maximum Gasteiger partial charge on any atom is 0.148 e. The third kappa shape index (κ3) is 4.90. The Morgan fingerprint density at radius 1 is 1.67 bits per heavy atom. The summed E-state index contributed by atoms with van der Waals surface area (Å²) in [6.07, 6.45) is 13.1. The monoisotopic (exact) mass is 267 g/mol. The summed E-state index contributed by atoms with van der Waals surface area (Å²) in [6, 6.07) is 0.240. The van der Waals surface area contributed by atoms with Gasteiger partial charge in [0.1, 0.15) is 6.29 Å². The molecule has 0 spiro atoms. The van der Waals surface area contributed by atoms with Crippen molar-refractivity contribution in [2.45, 2.75) is 12.5 Å². The Labute approximate surface area is 113 Å². The summed E-state index contributed by atoms with van der Waals surface area (Å²) in [7, 11) is 3.56. The standard InChI is InChI=1S/C14H18ClNO2/c1-16-9-8-13(15)6-7-14(16)5-3-4-12(10-17)11-18-2/h3-6,8-10,14H,7,11H2,1-2H3/b5-3-,12-4+. The number of likely N-dealkylation sites (N-methyl/N-ethyl adjacent to an activating group) is 1. The summed E-state index contributed by atoms with van der Waals surface area (Å²) in [5.41, 5.74) is 0.620. The van der Waals surface area contributed by atoms with Gasteiger partial charge in [0.2, 0.25) is 0 Å². The van der Waals surface area contributed by atoms with Crippen molar-refractivity contribution in [2.24, 2.45) is 0 Å². The van der Waals surface area contributed by atoms with Gasteiger partial charge in [0.05, 0.1) is 12.6 Å². The minimum Gasteiger partial charge on any atom is -0.380 e. The normalized spacial score (nSPS) is 21.1. The van der Waals surface area contributed by atoms with Crippen LogP contribution in [0.3, 0.4) is 0 Å². The smallest absolute Gasteiger partial charge is 0.148 e. The highest BCUT2D eigenvalue weighted by Crippen LogP contribution is 2.16. The molecule has 4 heteroatoms. The average molecular weight is 268 g/mol. The number of methoxy groups -OCH3 is 1. The van der Waals surface area contributed by atoms with Crippen LogP contribution in [0.4, 0.5) is 0 Å². The SMILES string of the molecule is COC/C(C=O)=C/C=C\C1CC=C(Cl)C=CN1C. The number of rotatable bonds is 5. The first-order valence-electron chi connectivity index (χ1n) is 5.74. The largest absolute Gasteiger partial charge is 0.380 e. The number of allylic oxidation sites excluding steroid dienone is 4. The number of nitrogens with zero attached hydrogens (tertiary/aromatic N) is 1. The second-order valence-electron chi connectivity index (χ2n) is 4.05. The van der Waals surface area contributed by atoms with E-state index in [4.69, 9.17) is 16.3 Å². The number of hydrogen-bond acceptors (Lipinski definition) is 3. The molecular formula is C14H18ClNO2. The fraction of sp³-hybridized carbons (Fsp3) is 0.357. The molecule has 1 atom stereocenters. The first kappa shape index (κ1) is 14.7. The maximum atomic E-state index is 10.7. The number of carbonyl (C=O) groups is 1. The van der Waals surface area contributed by atoms with Gasteiger partial charge in [-0.15, -0.1) is 0 Å². The molecule has 0 fully saturated rings. The maximum absolute atomic E-state index is 10.7. The molecule has 0 saturated heterocycles. The zero-order valence-electron chi connectivity index (χ0n) is 10.7. The van der Waals surface area contributed by atoms with E-state index in [9.17, 15) is 4.79 Å². The lowest BCUT2D eigenvalue weighted by molar-refractivity contribution is -0.105. The molecule has 0 N–H and O–H groups in total. The predicted molar refractivity (Wildman–Crippen MR) is 74.4 cm³/mol. The Hall–Kier alpha value is -1.32. The van der Waals surface area contributed by atoms with Gasteiger partial charge < -0.3 is 9.64 Å². The fourth-order valence-corrected chi connectivity index (χ4v) is 1.72. The number of halogens is 1. The molecular weight excluding hydrogens is 250 g/mol. The molecule has 1 aliphatic heterocycles. The van der Waals surface area contributed by atoms with Crippen molar-refractivity contribution in [2.75, 3.05) is 20.8 Å². The quantitative estimate of drug-likeness (QED) is 0.436. The van der Waals surface area contributed by atoms with Gasteiger partial charge in [0.15, 0.2) is 0 Å². The molecule has 3 nitrogen and oxygen atoms in total. The van der Waals surface area contributed by atoms with Crippen molar-refractivity contribution in [3.63, 3.8) is 0 Å². The van der Waals surface area contributed by atoms with E-state index in [1.54, 1.807) is 13.2 Å². The van der Waals surface area contributed by atoms with Crippen molar-refractivity contribution in [3.8, 4) is 0 Å². The highest BCUT2D eigenvalue weighted by molar-refractivity contribution is 6.31. The summed E-state index contributed by atoms with van der Waals surface area (Å²) in [6.45, 7) is 0.333. The molecule has 0 aromatic rings. The molecule has 0 aromatic carbocycles. The molecule has 1 rings (SSSR count). The van der Waals surface area contributed by atoms with Crippen LogP contribution in [0.25, 0.3) is 0 Å². The second kappa shape index (κ2) is 7.90. The van der Waals surface area contributed by atoms with Gasteiger partial charge in [-0.1, -0.05) is 35.9 Å². The van der Waals surface area contributed by atoms with E-state index < -0.39 is 0 Å². The number of hydrogen-bond donors (Lipinski definition) is 0. The van der Waals surface area contributed by atoms with Crippen LogP contribution in [0, 0.1) is 0 Å². The Bertz CT molecular complexity index is 397. The molecule has 0 saturated carbocycles. The van der Waals surface area contributed by atoms with Crippen LogP contribution in [0.2, 0.25) is 0 Å². The van der Waals surface area contributed by atoms with Gasteiger partial charge >= 0.3 is 0 Å². The summed E-state index contributed by atoms with van der Waals surface area (Å²) in [4.78, 5) is 12.8. The molecule has 0 radical (unpaired) electrons. The van der Waals surface area contributed by atoms with Crippen LogP contribution < -0.4 is 0 Å². The lowest BCUT2D eigenvalue weighted by Gasteiger charge is -2.21. The van der Waals surface area contributed by atoms with E-state index in [0.717, 1.165) is 17.7 Å². The summed E-state index contributed by atoms with van der Waals surface area (Å²) >= 11 is 5.95. The number of ether oxygens (including phenoxy) is 1. The van der Waals surface area contributed by atoms with E-state index in [0.29, 0.717) is 12.2 Å². The lowest BCUT2D eigenvalue weighted by Crippen LogP contribution is -2.23. The first-order valence-corrected chi connectivity index (χ1v) is 6.12. The molecule has 0 bridgehead atoms. The van der Waals surface area contributed by atoms with Crippen LogP contribution in [0.5, 0.6) is 0 Å². The topological polar surface area (TPSA) is 29.5 Å². The molecule has 0 aliphatic carbocycles. The van der Waals surface area contributed by atoms with Crippen molar-refractivity contribution in [1.82, 2.24) is 4.90 Å². The van der Waals surface area contributed by atoms with Gasteiger partial charge in [-0.3, -0.25) is 4.79 Å². The van der Waals surface area contributed by atoms with Crippen molar-refractivity contribution >= 4 is 17.9 Å². The van der Waals surface area contributed by atoms with E-state index in [1.807, 2.05) is 37.6 Å². The lowest BCUT2D eigenvalue weighted by atomic mass is 10.1. The summed E-state index contributed by atoms with van der Waals surface area (Å²) in [5.74, 6) is 0. The van der Waals surface area contributed by atoms with Crippen molar-refractivity contribution < 1.29 is 9.53 Å². The molecule has 1 aliphatic rings. The summed E-state index contributed by atoms with van der Waals surface area (Å²) < 4.78 is 4.91. The average Bonchev–Trinajstić information content (AvgIpc) is 2.52. The summed E-state index contributed by atoms with van der Waals surface area (Å²) in [5, 5.41) is 0.751. The highest BCUT2D eigenvalue weighted by Gasteiger charge is 2.09. The molecule has 98 valence electrons. The van der Waals surface area contributed by atoms with Crippen molar-refractivity contribution in [1.29, 1.82) is 0 Å². The Balaban J connectivity index is 2.66.